The molecule has 1 fully saturated rings. The molecular formula is C21H24N2O3. The highest BCUT2D eigenvalue weighted by molar-refractivity contribution is 5.94. The number of carboxylic acids is 1. The van der Waals surface area contributed by atoms with Gasteiger partial charge in [-0.25, -0.2) is 0 Å². The molecule has 1 aliphatic rings. The van der Waals surface area contributed by atoms with Crippen molar-refractivity contribution in [1.29, 1.82) is 0 Å². The molecule has 0 spiro atoms. The lowest BCUT2D eigenvalue weighted by molar-refractivity contribution is -0.137. The molecule has 0 radical (unpaired) electrons. The highest BCUT2D eigenvalue weighted by Crippen LogP contribution is 2.28. The summed E-state index contributed by atoms with van der Waals surface area (Å²) >= 11 is 0. The first-order valence-corrected chi connectivity index (χ1v) is 9.15. The van der Waals surface area contributed by atoms with Gasteiger partial charge in [0.1, 0.15) is 0 Å². The van der Waals surface area contributed by atoms with Gasteiger partial charge in [0.05, 0.1) is 0 Å². The molecule has 0 atom stereocenters. The molecule has 26 heavy (non-hydrogen) atoms. The van der Waals surface area contributed by atoms with E-state index in [0.717, 1.165) is 43.2 Å². The number of benzene rings is 1. The van der Waals surface area contributed by atoms with Crippen molar-refractivity contribution >= 4 is 11.9 Å². The number of nitrogens with one attached hydrogen (secondary N) is 1. The van der Waals surface area contributed by atoms with Crippen LogP contribution in [0.4, 0.5) is 0 Å². The standard InChI is InChI=1S/C21H24N2O3/c24-20(25)10-3-15-1-8-19(9-2-15)23-21(26)18-6-4-16(5-7-18)17-11-13-22-14-12-17/h4-7,11-15,19H,1-3,8-10H2,(H,23,26)(H,24,25). The van der Waals surface area contributed by atoms with E-state index in [1.54, 1.807) is 12.4 Å². The van der Waals surface area contributed by atoms with Crippen LogP contribution in [-0.2, 0) is 4.79 Å². The van der Waals surface area contributed by atoms with Gasteiger partial charge >= 0.3 is 5.97 Å². The van der Waals surface area contributed by atoms with Crippen LogP contribution in [0.3, 0.4) is 0 Å². The molecular weight excluding hydrogens is 328 g/mol. The largest absolute Gasteiger partial charge is 0.481 e. The number of carbonyl (C=O) groups is 2. The van der Waals surface area contributed by atoms with Crippen molar-refractivity contribution in [2.45, 2.75) is 44.6 Å². The summed E-state index contributed by atoms with van der Waals surface area (Å²) in [6.07, 6.45) is 8.30. The molecule has 0 saturated heterocycles. The van der Waals surface area contributed by atoms with Crippen molar-refractivity contribution in [1.82, 2.24) is 10.3 Å². The number of hydrogen-bond donors (Lipinski definition) is 2. The predicted octanol–water partition coefficient (Wildman–Crippen LogP) is 3.90. The van der Waals surface area contributed by atoms with Crippen molar-refractivity contribution < 1.29 is 14.7 Å². The molecule has 1 amide bonds. The second-order valence-corrected chi connectivity index (χ2v) is 6.94. The Hall–Kier alpha value is -2.69. The number of carbonyl (C=O) groups excluding carboxylic acids is 1. The minimum absolute atomic E-state index is 0.0414. The van der Waals surface area contributed by atoms with Crippen LogP contribution in [0.25, 0.3) is 11.1 Å². The molecule has 2 N–H and O–H groups in total. The monoisotopic (exact) mass is 352 g/mol. The summed E-state index contributed by atoms with van der Waals surface area (Å²) in [5.41, 5.74) is 2.80. The Bertz CT molecular complexity index is 736. The Kier molecular flexibility index (Phi) is 6.00. The number of aromatic nitrogens is 1. The molecule has 0 bridgehead atoms. The van der Waals surface area contributed by atoms with Crippen LogP contribution in [0.5, 0.6) is 0 Å². The first-order valence-electron chi connectivity index (χ1n) is 9.15. The molecule has 5 nitrogen and oxygen atoms in total. The van der Waals surface area contributed by atoms with Gasteiger partial charge in [-0.3, -0.25) is 14.6 Å². The van der Waals surface area contributed by atoms with E-state index in [-0.39, 0.29) is 18.4 Å². The number of rotatable bonds is 6. The van der Waals surface area contributed by atoms with E-state index < -0.39 is 5.97 Å². The second kappa shape index (κ2) is 8.61. The Balaban J connectivity index is 1.50. The Labute approximate surface area is 153 Å². The first-order chi connectivity index (χ1) is 12.6. The van der Waals surface area contributed by atoms with Crippen molar-refractivity contribution in [3.63, 3.8) is 0 Å². The molecule has 5 heteroatoms. The highest BCUT2D eigenvalue weighted by Gasteiger charge is 2.23. The van der Waals surface area contributed by atoms with Gasteiger partial charge in [0, 0.05) is 30.4 Å². The predicted molar refractivity (Wildman–Crippen MR) is 99.8 cm³/mol. The molecule has 1 aromatic heterocycles. The molecule has 1 heterocycles. The normalized spacial score (nSPS) is 19.7. The van der Waals surface area contributed by atoms with Gasteiger partial charge in [0.2, 0.25) is 0 Å². The highest BCUT2D eigenvalue weighted by atomic mass is 16.4. The number of nitrogens with zero attached hydrogens (tertiary/aromatic N) is 1. The van der Waals surface area contributed by atoms with Crippen LogP contribution in [0.2, 0.25) is 0 Å². The number of carboxylic acid groups (broad SMARTS) is 1. The van der Waals surface area contributed by atoms with Crippen LogP contribution < -0.4 is 5.32 Å². The fourth-order valence-electron chi connectivity index (χ4n) is 3.55. The molecule has 1 saturated carbocycles. The van der Waals surface area contributed by atoms with Crippen LogP contribution in [0.1, 0.15) is 48.9 Å². The maximum absolute atomic E-state index is 12.5. The van der Waals surface area contributed by atoms with Crippen LogP contribution in [0, 0.1) is 5.92 Å². The Morgan fingerprint density at radius 1 is 0.962 bits per heavy atom. The third kappa shape index (κ3) is 4.91. The van der Waals surface area contributed by atoms with Crippen molar-refractivity contribution in [2.24, 2.45) is 5.92 Å². The van der Waals surface area contributed by atoms with Crippen LogP contribution >= 0.6 is 0 Å². The van der Waals surface area contributed by atoms with Gasteiger partial charge < -0.3 is 10.4 Å². The maximum atomic E-state index is 12.5. The summed E-state index contributed by atoms with van der Waals surface area (Å²) in [5.74, 6) is -0.296. The lowest BCUT2D eigenvalue weighted by Gasteiger charge is -2.28. The Morgan fingerprint density at radius 3 is 2.19 bits per heavy atom. The Morgan fingerprint density at radius 2 is 1.58 bits per heavy atom. The number of pyridine rings is 1. The minimum Gasteiger partial charge on any atom is -0.481 e. The van der Waals surface area contributed by atoms with E-state index in [4.69, 9.17) is 5.11 Å². The summed E-state index contributed by atoms with van der Waals surface area (Å²) < 4.78 is 0. The van der Waals surface area contributed by atoms with Crippen molar-refractivity contribution in [3.05, 3.63) is 54.4 Å². The zero-order valence-electron chi connectivity index (χ0n) is 14.7. The van der Waals surface area contributed by atoms with Gasteiger partial charge in [-0.05, 0) is 73.4 Å². The third-order valence-electron chi connectivity index (χ3n) is 5.11. The number of aliphatic carboxylic acids is 1. The zero-order chi connectivity index (χ0) is 18.4. The zero-order valence-corrected chi connectivity index (χ0v) is 14.7. The van der Waals surface area contributed by atoms with E-state index in [0.29, 0.717) is 11.5 Å². The molecule has 1 aromatic carbocycles. The first kappa shape index (κ1) is 18.1. The SMILES string of the molecule is O=C(O)CCC1CCC(NC(=O)c2ccc(-c3ccncc3)cc2)CC1. The molecule has 2 aromatic rings. The average molecular weight is 352 g/mol. The number of amides is 1. The minimum atomic E-state index is -0.726. The second-order valence-electron chi connectivity index (χ2n) is 6.94. The van der Waals surface area contributed by atoms with Crippen molar-refractivity contribution in [2.75, 3.05) is 0 Å². The van der Waals surface area contributed by atoms with Gasteiger partial charge in [-0.1, -0.05) is 12.1 Å². The average Bonchev–Trinajstić information content (AvgIpc) is 2.68. The molecule has 3 rings (SSSR count). The van der Waals surface area contributed by atoms with E-state index in [9.17, 15) is 9.59 Å². The topological polar surface area (TPSA) is 79.3 Å². The number of hydrogen-bond acceptors (Lipinski definition) is 3. The van der Waals surface area contributed by atoms with Crippen LogP contribution in [-0.4, -0.2) is 28.0 Å². The van der Waals surface area contributed by atoms with Crippen molar-refractivity contribution in [3.8, 4) is 11.1 Å². The fourth-order valence-corrected chi connectivity index (χ4v) is 3.55. The molecule has 1 aliphatic carbocycles. The van der Waals surface area contributed by atoms with E-state index in [2.05, 4.69) is 10.3 Å². The van der Waals surface area contributed by atoms with Crippen LogP contribution in [0.15, 0.2) is 48.8 Å². The van der Waals surface area contributed by atoms with E-state index in [1.165, 1.54) is 0 Å². The smallest absolute Gasteiger partial charge is 0.303 e. The van der Waals surface area contributed by atoms with E-state index in [1.807, 2.05) is 36.4 Å². The molecule has 136 valence electrons. The van der Waals surface area contributed by atoms with Gasteiger partial charge in [0.15, 0.2) is 0 Å². The molecule has 0 unspecified atom stereocenters. The van der Waals surface area contributed by atoms with Gasteiger partial charge in [-0.2, -0.15) is 0 Å². The lowest BCUT2D eigenvalue weighted by Crippen LogP contribution is -2.37. The lowest BCUT2D eigenvalue weighted by atomic mass is 9.83. The summed E-state index contributed by atoms with van der Waals surface area (Å²) in [7, 11) is 0. The van der Waals surface area contributed by atoms with Gasteiger partial charge in [-0.15, -0.1) is 0 Å². The molecule has 0 aliphatic heterocycles. The van der Waals surface area contributed by atoms with Gasteiger partial charge in [0.25, 0.3) is 5.91 Å². The van der Waals surface area contributed by atoms with E-state index >= 15 is 0 Å². The maximum Gasteiger partial charge on any atom is 0.303 e. The summed E-state index contributed by atoms with van der Waals surface area (Å²) in [6.45, 7) is 0. The summed E-state index contributed by atoms with van der Waals surface area (Å²) in [5, 5.41) is 11.9. The summed E-state index contributed by atoms with van der Waals surface area (Å²) in [6, 6.07) is 11.7. The third-order valence-corrected chi connectivity index (χ3v) is 5.11. The summed E-state index contributed by atoms with van der Waals surface area (Å²) in [4.78, 5) is 27.1. The quantitative estimate of drug-likeness (QED) is 0.826. The fraction of sp³-hybridized carbons (Fsp3) is 0.381.